The van der Waals surface area contributed by atoms with E-state index in [2.05, 4.69) is 5.32 Å². The van der Waals surface area contributed by atoms with Crippen LogP contribution in [0.25, 0.3) is 0 Å². The fraction of sp³-hybridized carbons (Fsp3) is 0.727. The molecule has 20 heavy (non-hydrogen) atoms. The molecule has 0 aromatic carbocycles. The molecule has 0 bridgehead atoms. The smallest absolute Gasteiger partial charge is 0.406 e. The van der Waals surface area contributed by atoms with Crippen LogP contribution in [-0.4, -0.2) is 54.2 Å². The van der Waals surface area contributed by atoms with Gasteiger partial charge in [-0.1, -0.05) is 0 Å². The lowest BCUT2D eigenvalue weighted by molar-refractivity contribution is -0.227. The maximum absolute atomic E-state index is 12.9. The Morgan fingerprint density at radius 1 is 1.45 bits per heavy atom. The van der Waals surface area contributed by atoms with E-state index in [0.717, 1.165) is 4.90 Å². The highest BCUT2D eigenvalue weighted by Gasteiger charge is 2.63. The van der Waals surface area contributed by atoms with Crippen LogP contribution in [0.4, 0.5) is 13.2 Å². The van der Waals surface area contributed by atoms with E-state index in [0.29, 0.717) is 0 Å². The van der Waals surface area contributed by atoms with Crippen LogP contribution in [0.15, 0.2) is 0 Å². The number of amides is 1. The van der Waals surface area contributed by atoms with Gasteiger partial charge in [-0.2, -0.15) is 18.4 Å². The molecular formula is C11H14F3N3O3. The van der Waals surface area contributed by atoms with Gasteiger partial charge in [0, 0.05) is 19.6 Å². The molecule has 1 fully saturated rings. The molecular weight excluding hydrogens is 279 g/mol. The van der Waals surface area contributed by atoms with Crippen LogP contribution in [0.3, 0.4) is 0 Å². The van der Waals surface area contributed by atoms with Gasteiger partial charge in [0.15, 0.2) is 5.41 Å². The third-order valence-electron chi connectivity index (χ3n) is 3.23. The molecule has 9 heteroatoms. The molecule has 1 unspecified atom stereocenters. The third kappa shape index (κ3) is 3.39. The Hall–Kier alpha value is -1.82. The lowest BCUT2D eigenvalue weighted by atomic mass is 9.86. The second-order valence-corrected chi connectivity index (χ2v) is 4.60. The summed E-state index contributed by atoms with van der Waals surface area (Å²) in [6.07, 6.45) is -5.32. The molecule has 0 saturated carbocycles. The Morgan fingerprint density at radius 2 is 2.10 bits per heavy atom. The Bertz CT molecular complexity index is 433. The summed E-state index contributed by atoms with van der Waals surface area (Å²) in [6, 6.07) is 1.81. The number of nitrogens with one attached hydrogen (secondary N) is 1. The normalized spacial score (nSPS) is 23.3. The van der Waals surface area contributed by atoms with Gasteiger partial charge in [0.05, 0.1) is 19.0 Å². The van der Waals surface area contributed by atoms with Gasteiger partial charge >= 0.3 is 12.1 Å². The zero-order valence-corrected chi connectivity index (χ0v) is 10.5. The summed E-state index contributed by atoms with van der Waals surface area (Å²) >= 11 is 0. The zero-order valence-electron chi connectivity index (χ0n) is 10.5. The highest BCUT2D eigenvalue weighted by Crippen LogP contribution is 2.45. The first-order valence-electron chi connectivity index (χ1n) is 5.89. The van der Waals surface area contributed by atoms with Gasteiger partial charge in [0.2, 0.25) is 5.91 Å². The van der Waals surface area contributed by atoms with Crippen molar-refractivity contribution in [2.75, 3.05) is 26.2 Å². The number of nitrogens with zero attached hydrogens (tertiary/aromatic N) is 2. The Morgan fingerprint density at radius 3 is 2.55 bits per heavy atom. The molecule has 1 atom stereocenters. The van der Waals surface area contributed by atoms with Gasteiger partial charge in [-0.15, -0.1) is 0 Å². The first kappa shape index (κ1) is 16.2. The standard InChI is InChI=1S/C11H14F3N3O3/c12-11(13,14)10(9(19)20)2-5-17(7-10)6-8(18)16-4-1-3-15/h1-2,4-7H2,(H,16,18)(H,19,20). The summed E-state index contributed by atoms with van der Waals surface area (Å²) in [7, 11) is 0. The molecule has 0 radical (unpaired) electrons. The minimum absolute atomic E-state index is 0.105. The molecule has 112 valence electrons. The van der Waals surface area contributed by atoms with Crippen molar-refractivity contribution >= 4 is 11.9 Å². The summed E-state index contributed by atoms with van der Waals surface area (Å²) in [6.45, 7) is -1.04. The van der Waals surface area contributed by atoms with Crippen molar-refractivity contribution in [3.05, 3.63) is 0 Å². The quantitative estimate of drug-likeness (QED) is 0.714. The SMILES string of the molecule is N#CCCNC(=O)CN1CCC(C(=O)O)(C(F)(F)F)C1. The van der Waals surface area contributed by atoms with E-state index < -0.39 is 36.4 Å². The number of nitriles is 1. The van der Waals surface area contributed by atoms with Crippen molar-refractivity contribution in [3.8, 4) is 6.07 Å². The highest BCUT2D eigenvalue weighted by molar-refractivity contribution is 5.79. The molecule has 1 rings (SSSR count). The van der Waals surface area contributed by atoms with E-state index in [9.17, 15) is 22.8 Å². The number of hydrogen-bond donors (Lipinski definition) is 2. The van der Waals surface area contributed by atoms with Crippen LogP contribution >= 0.6 is 0 Å². The fourth-order valence-corrected chi connectivity index (χ4v) is 2.07. The second-order valence-electron chi connectivity index (χ2n) is 4.60. The van der Waals surface area contributed by atoms with E-state index in [1.165, 1.54) is 0 Å². The molecule has 1 amide bonds. The van der Waals surface area contributed by atoms with Crippen LogP contribution in [0.1, 0.15) is 12.8 Å². The van der Waals surface area contributed by atoms with E-state index in [-0.39, 0.29) is 26.1 Å². The number of aliphatic carboxylic acids is 1. The van der Waals surface area contributed by atoms with Gasteiger partial charge in [-0.3, -0.25) is 14.5 Å². The predicted molar refractivity (Wildman–Crippen MR) is 60.4 cm³/mol. The van der Waals surface area contributed by atoms with E-state index in [1.54, 1.807) is 0 Å². The lowest BCUT2D eigenvalue weighted by Gasteiger charge is -2.27. The third-order valence-corrected chi connectivity index (χ3v) is 3.23. The topological polar surface area (TPSA) is 93.4 Å². The van der Waals surface area contributed by atoms with Gasteiger partial charge in [0.25, 0.3) is 0 Å². The molecule has 2 N–H and O–H groups in total. The Labute approximate surface area is 113 Å². The molecule has 0 spiro atoms. The number of alkyl halides is 3. The van der Waals surface area contributed by atoms with Crippen LogP contribution in [0, 0.1) is 16.7 Å². The molecule has 0 aromatic rings. The molecule has 0 aliphatic carbocycles. The summed E-state index contributed by atoms with van der Waals surface area (Å²) in [5.74, 6) is -2.44. The van der Waals surface area contributed by atoms with Crippen LogP contribution in [0.5, 0.6) is 0 Å². The molecule has 1 aliphatic rings. The maximum Gasteiger partial charge on any atom is 0.406 e. The number of likely N-dealkylation sites (tertiary alicyclic amines) is 1. The van der Waals surface area contributed by atoms with Crippen molar-refractivity contribution in [2.45, 2.75) is 19.0 Å². The summed E-state index contributed by atoms with van der Waals surface area (Å²) < 4.78 is 38.6. The van der Waals surface area contributed by atoms with Crippen molar-refractivity contribution in [2.24, 2.45) is 5.41 Å². The highest BCUT2D eigenvalue weighted by atomic mass is 19.4. The van der Waals surface area contributed by atoms with Crippen molar-refractivity contribution in [3.63, 3.8) is 0 Å². The number of carbonyl (C=O) groups excluding carboxylic acids is 1. The molecule has 6 nitrogen and oxygen atoms in total. The average molecular weight is 293 g/mol. The number of rotatable bonds is 5. The lowest BCUT2D eigenvalue weighted by Crippen LogP contribution is -2.48. The van der Waals surface area contributed by atoms with Crippen LogP contribution < -0.4 is 5.32 Å². The minimum Gasteiger partial charge on any atom is -0.481 e. The summed E-state index contributed by atoms with van der Waals surface area (Å²) in [5.41, 5.74) is -2.81. The zero-order chi connectivity index (χ0) is 15.4. The monoisotopic (exact) mass is 293 g/mol. The number of carbonyl (C=O) groups is 2. The van der Waals surface area contributed by atoms with Crippen LogP contribution in [0.2, 0.25) is 0 Å². The van der Waals surface area contributed by atoms with E-state index in [1.807, 2.05) is 6.07 Å². The van der Waals surface area contributed by atoms with Crippen LogP contribution in [-0.2, 0) is 9.59 Å². The number of carboxylic acid groups (broad SMARTS) is 1. The van der Waals surface area contributed by atoms with Crippen molar-refractivity contribution in [1.29, 1.82) is 5.26 Å². The maximum atomic E-state index is 12.9. The number of carboxylic acids is 1. The van der Waals surface area contributed by atoms with Gasteiger partial charge in [0.1, 0.15) is 0 Å². The van der Waals surface area contributed by atoms with Gasteiger partial charge < -0.3 is 10.4 Å². The number of halogens is 3. The largest absolute Gasteiger partial charge is 0.481 e. The second kappa shape index (κ2) is 6.09. The van der Waals surface area contributed by atoms with Gasteiger partial charge in [-0.25, -0.2) is 0 Å². The first-order chi connectivity index (χ1) is 9.23. The Kier molecular flexibility index (Phi) is 4.94. The predicted octanol–water partition coefficient (Wildman–Crippen LogP) is 0.355. The summed E-state index contributed by atoms with van der Waals surface area (Å²) in [5, 5.41) is 19.5. The molecule has 1 aliphatic heterocycles. The molecule has 1 saturated heterocycles. The molecule has 1 heterocycles. The Balaban J connectivity index is 2.60. The van der Waals surface area contributed by atoms with Gasteiger partial charge in [-0.05, 0) is 6.42 Å². The number of hydrogen-bond acceptors (Lipinski definition) is 4. The summed E-state index contributed by atoms with van der Waals surface area (Å²) in [4.78, 5) is 23.5. The fourth-order valence-electron chi connectivity index (χ4n) is 2.07. The first-order valence-corrected chi connectivity index (χ1v) is 5.89. The minimum atomic E-state index is -4.86. The van der Waals surface area contributed by atoms with Crippen molar-refractivity contribution < 1.29 is 27.9 Å². The van der Waals surface area contributed by atoms with Crippen molar-refractivity contribution in [1.82, 2.24) is 10.2 Å². The average Bonchev–Trinajstić information content (AvgIpc) is 2.74. The van der Waals surface area contributed by atoms with E-state index >= 15 is 0 Å². The molecule has 0 aromatic heterocycles. The van der Waals surface area contributed by atoms with E-state index in [4.69, 9.17) is 10.4 Å².